The van der Waals surface area contributed by atoms with Crippen molar-refractivity contribution in [2.75, 3.05) is 5.32 Å². The molecule has 166 valence electrons. The number of amides is 1. The van der Waals surface area contributed by atoms with Gasteiger partial charge in [0.25, 0.3) is 0 Å². The molecule has 3 N–H and O–H groups in total. The van der Waals surface area contributed by atoms with Crippen LogP contribution in [0.5, 0.6) is 0 Å². The highest BCUT2D eigenvalue weighted by atomic mass is 32.2. The molecule has 0 spiro atoms. The van der Waals surface area contributed by atoms with Gasteiger partial charge >= 0.3 is 11.9 Å². The Morgan fingerprint density at radius 1 is 1.03 bits per heavy atom. The van der Waals surface area contributed by atoms with E-state index in [9.17, 15) is 19.5 Å². The lowest BCUT2D eigenvalue weighted by molar-refractivity contribution is -0.147. The number of carbonyl (C=O) groups is 3. The molecule has 4 rings (SSSR count). The highest BCUT2D eigenvalue weighted by Gasteiger charge is 2.35. The van der Waals surface area contributed by atoms with Crippen molar-refractivity contribution >= 4 is 56.8 Å². The zero-order chi connectivity index (χ0) is 22.7. The van der Waals surface area contributed by atoms with Crippen LogP contribution in [0.3, 0.4) is 0 Å². The lowest BCUT2D eigenvalue weighted by Crippen LogP contribution is -2.36. The number of aromatic nitrogens is 1. The van der Waals surface area contributed by atoms with Crippen LogP contribution in [-0.4, -0.2) is 33.0 Å². The van der Waals surface area contributed by atoms with E-state index in [0.29, 0.717) is 24.3 Å². The molecule has 2 atom stereocenters. The molecule has 1 aliphatic carbocycles. The molecule has 1 aromatic heterocycles. The molecule has 1 saturated carbocycles. The number of carbonyl (C=O) groups excluding carboxylic acids is 1. The van der Waals surface area contributed by atoms with Crippen LogP contribution in [0.15, 0.2) is 46.8 Å². The van der Waals surface area contributed by atoms with Crippen molar-refractivity contribution in [3.8, 4) is 0 Å². The maximum Gasteiger partial charge on any atom is 0.335 e. The number of aromatic carboxylic acids is 1. The Hall–Kier alpha value is -2.91. The maximum absolute atomic E-state index is 12.7. The highest BCUT2D eigenvalue weighted by molar-refractivity contribution is 8.00. The number of thiazole rings is 1. The van der Waals surface area contributed by atoms with Crippen molar-refractivity contribution in [1.82, 2.24) is 4.98 Å². The van der Waals surface area contributed by atoms with Gasteiger partial charge in [-0.3, -0.25) is 9.59 Å². The Kier molecular flexibility index (Phi) is 6.76. The number of hydrogen-bond donors (Lipinski definition) is 3. The summed E-state index contributed by atoms with van der Waals surface area (Å²) in [7, 11) is 0. The molecule has 2 aromatic carbocycles. The third-order valence-electron chi connectivity index (χ3n) is 5.62. The topological polar surface area (TPSA) is 117 Å². The molecule has 9 heteroatoms. The molecule has 7 nitrogen and oxygen atoms in total. The first kappa shape index (κ1) is 22.3. The number of nitrogens with zero attached hydrogens (tertiary/aromatic N) is 1. The molecule has 1 fully saturated rings. The molecular formula is C23H22N2O5S2. The summed E-state index contributed by atoms with van der Waals surface area (Å²) in [5.74, 6) is -2.54. The van der Waals surface area contributed by atoms with Crippen molar-refractivity contribution in [2.24, 2.45) is 11.8 Å². The van der Waals surface area contributed by atoms with E-state index in [-0.39, 0.29) is 11.5 Å². The summed E-state index contributed by atoms with van der Waals surface area (Å²) in [5.41, 5.74) is 2.74. The lowest BCUT2D eigenvalue weighted by atomic mass is 9.78. The highest BCUT2D eigenvalue weighted by Crippen LogP contribution is 2.34. The Morgan fingerprint density at radius 3 is 2.44 bits per heavy atom. The maximum atomic E-state index is 12.7. The quantitative estimate of drug-likeness (QED) is 0.411. The predicted molar refractivity (Wildman–Crippen MR) is 124 cm³/mol. The van der Waals surface area contributed by atoms with Crippen LogP contribution in [0.1, 0.15) is 41.6 Å². The standard InChI is InChI=1S/C23H22N2O5S2/c26-20(16-3-1-2-4-17(16)22(29)30)24-15-9-10-18-19(11-15)32-23(25-18)31-12-13-5-7-14(8-6-13)21(27)28/h5-11,16-17H,1-4,12H2,(H,24,26)(H,27,28)(H,29,30)/t16-,17-/m1/s1. The third kappa shape index (κ3) is 5.11. The second-order valence-corrected chi connectivity index (χ2v) is 10.0. The van der Waals surface area contributed by atoms with Crippen LogP contribution >= 0.6 is 23.1 Å². The first-order chi connectivity index (χ1) is 15.4. The molecule has 0 aliphatic heterocycles. The fourth-order valence-corrected chi connectivity index (χ4v) is 5.97. The van der Waals surface area contributed by atoms with Crippen molar-refractivity contribution in [3.05, 3.63) is 53.6 Å². The zero-order valence-corrected chi connectivity index (χ0v) is 18.7. The Labute approximate surface area is 192 Å². The van der Waals surface area contributed by atoms with Crippen LogP contribution in [0, 0.1) is 11.8 Å². The molecule has 3 aromatic rings. The van der Waals surface area contributed by atoms with Crippen LogP contribution in [0.25, 0.3) is 10.2 Å². The summed E-state index contributed by atoms with van der Waals surface area (Å²) < 4.78 is 1.81. The number of nitrogens with one attached hydrogen (secondary N) is 1. The number of aliphatic carboxylic acids is 1. The van der Waals surface area contributed by atoms with Crippen LogP contribution in [0.4, 0.5) is 5.69 Å². The number of thioether (sulfide) groups is 1. The number of hydrogen-bond acceptors (Lipinski definition) is 6. The van der Waals surface area contributed by atoms with Gasteiger partial charge in [0.2, 0.25) is 5.91 Å². The summed E-state index contributed by atoms with van der Waals surface area (Å²) in [4.78, 5) is 39.8. The van der Waals surface area contributed by atoms with E-state index in [2.05, 4.69) is 10.3 Å². The predicted octanol–water partition coefficient (Wildman–Crippen LogP) is 5.12. The molecule has 1 amide bonds. The molecule has 0 bridgehead atoms. The minimum Gasteiger partial charge on any atom is -0.481 e. The van der Waals surface area contributed by atoms with Crippen molar-refractivity contribution < 1.29 is 24.6 Å². The van der Waals surface area contributed by atoms with Gasteiger partial charge in [0.05, 0.1) is 27.6 Å². The van der Waals surface area contributed by atoms with Gasteiger partial charge in [0, 0.05) is 11.4 Å². The zero-order valence-electron chi connectivity index (χ0n) is 17.1. The smallest absolute Gasteiger partial charge is 0.335 e. The second kappa shape index (κ2) is 9.70. The summed E-state index contributed by atoms with van der Waals surface area (Å²) >= 11 is 3.09. The minimum atomic E-state index is -0.944. The fraction of sp³-hybridized carbons (Fsp3) is 0.304. The minimum absolute atomic E-state index is 0.236. The van der Waals surface area contributed by atoms with E-state index in [1.807, 2.05) is 12.1 Å². The Morgan fingerprint density at radius 2 is 1.75 bits per heavy atom. The van der Waals surface area contributed by atoms with Crippen molar-refractivity contribution in [1.29, 1.82) is 0 Å². The van der Waals surface area contributed by atoms with Gasteiger partial charge in [-0.2, -0.15) is 0 Å². The Bertz CT molecular complexity index is 1160. The fourth-order valence-electron chi connectivity index (χ4n) is 3.91. The number of benzene rings is 2. The van der Waals surface area contributed by atoms with Gasteiger partial charge < -0.3 is 15.5 Å². The molecule has 1 aliphatic rings. The van der Waals surface area contributed by atoms with Gasteiger partial charge in [-0.05, 0) is 48.7 Å². The summed E-state index contributed by atoms with van der Waals surface area (Å²) in [6, 6.07) is 12.3. The van der Waals surface area contributed by atoms with Gasteiger partial charge in [-0.1, -0.05) is 36.7 Å². The van der Waals surface area contributed by atoms with E-state index in [1.165, 1.54) is 11.3 Å². The van der Waals surface area contributed by atoms with E-state index < -0.39 is 23.8 Å². The number of carboxylic acid groups (broad SMARTS) is 2. The first-order valence-electron chi connectivity index (χ1n) is 10.3. The van der Waals surface area contributed by atoms with E-state index in [1.54, 1.807) is 42.1 Å². The monoisotopic (exact) mass is 470 g/mol. The summed E-state index contributed by atoms with van der Waals surface area (Å²) in [5, 5.41) is 21.3. The number of rotatable bonds is 7. The van der Waals surface area contributed by atoms with E-state index in [4.69, 9.17) is 5.11 Å². The molecule has 0 radical (unpaired) electrons. The molecule has 0 unspecified atom stereocenters. The van der Waals surface area contributed by atoms with Crippen molar-refractivity contribution in [2.45, 2.75) is 35.8 Å². The SMILES string of the molecule is O=C(O)c1ccc(CSc2nc3ccc(NC(=O)[C@@H]4CCCC[C@H]4C(=O)O)cc3s2)cc1. The molecular weight excluding hydrogens is 448 g/mol. The normalized spacial score (nSPS) is 18.4. The van der Waals surface area contributed by atoms with Gasteiger partial charge in [0.1, 0.15) is 0 Å². The van der Waals surface area contributed by atoms with Crippen LogP contribution < -0.4 is 5.32 Å². The second-order valence-electron chi connectivity index (χ2n) is 7.78. The van der Waals surface area contributed by atoms with Gasteiger partial charge in [-0.15, -0.1) is 11.3 Å². The average Bonchev–Trinajstić information content (AvgIpc) is 3.20. The molecule has 32 heavy (non-hydrogen) atoms. The summed E-state index contributed by atoms with van der Waals surface area (Å²) in [6.07, 6.45) is 2.85. The number of carboxylic acids is 2. The van der Waals surface area contributed by atoms with Crippen LogP contribution in [-0.2, 0) is 15.3 Å². The third-order valence-corrected chi connectivity index (χ3v) is 7.85. The first-order valence-corrected chi connectivity index (χ1v) is 12.1. The van der Waals surface area contributed by atoms with Crippen molar-refractivity contribution in [3.63, 3.8) is 0 Å². The van der Waals surface area contributed by atoms with E-state index >= 15 is 0 Å². The Balaban J connectivity index is 1.41. The largest absolute Gasteiger partial charge is 0.481 e. The van der Waals surface area contributed by atoms with E-state index in [0.717, 1.165) is 33.0 Å². The van der Waals surface area contributed by atoms with Crippen LogP contribution in [0.2, 0.25) is 0 Å². The molecule has 1 heterocycles. The van der Waals surface area contributed by atoms with Gasteiger partial charge in [-0.25, -0.2) is 9.78 Å². The summed E-state index contributed by atoms with van der Waals surface area (Å²) in [6.45, 7) is 0. The molecule has 0 saturated heterocycles. The number of fused-ring (bicyclic) bond motifs is 1. The lowest BCUT2D eigenvalue weighted by Gasteiger charge is -2.27. The number of anilines is 1. The average molecular weight is 471 g/mol. The van der Waals surface area contributed by atoms with Gasteiger partial charge in [0.15, 0.2) is 4.34 Å².